The fourth-order valence-electron chi connectivity index (χ4n) is 2.26. The molecule has 18 heavy (non-hydrogen) atoms. The van der Waals surface area contributed by atoms with Crippen LogP contribution in [-0.4, -0.2) is 30.0 Å². The molecular formula is C13H21N3OS. The molecule has 0 radical (unpaired) electrons. The predicted molar refractivity (Wildman–Crippen MR) is 73.8 cm³/mol. The first-order valence-electron chi connectivity index (χ1n) is 6.65. The minimum absolute atomic E-state index is 0.0882. The Labute approximate surface area is 112 Å². The van der Waals surface area contributed by atoms with Crippen LogP contribution < -0.4 is 10.6 Å². The van der Waals surface area contributed by atoms with Crippen molar-refractivity contribution in [2.24, 2.45) is 0 Å². The van der Waals surface area contributed by atoms with E-state index >= 15 is 0 Å². The van der Waals surface area contributed by atoms with Gasteiger partial charge in [0, 0.05) is 30.1 Å². The highest BCUT2D eigenvalue weighted by Gasteiger charge is 2.15. The molecule has 1 heterocycles. The maximum atomic E-state index is 11.7. The standard InChI is InChI=1S/C13H21N3OS/c1-10(13-14-6-7-18-13)8-16-12(17)9-15-11-4-2-3-5-11/h6-7,10-11,15H,2-5,8-9H2,1H3,(H,16,17). The summed E-state index contributed by atoms with van der Waals surface area (Å²) in [5, 5.41) is 9.32. The molecule has 1 unspecified atom stereocenters. The van der Waals surface area contributed by atoms with Crippen molar-refractivity contribution in [1.29, 1.82) is 0 Å². The topological polar surface area (TPSA) is 54.0 Å². The third-order valence-electron chi connectivity index (χ3n) is 3.38. The van der Waals surface area contributed by atoms with Crippen molar-refractivity contribution in [3.05, 3.63) is 16.6 Å². The number of amides is 1. The molecule has 0 bridgehead atoms. The second kappa shape index (κ2) is 6.85. The van der Waals surface area contributed by atoms with Crippen molar-refractivity contribution in [2.45, 2.75) is 44.6 Å². The van der Waals surface area contributed by atoms with Crippen molar-refractivity contribution >= 4 is 17.2 Å². The Hall–Kier alpha value is -0.940. The van der Waals surface area contributed by atoms with E-state index in [1.807, 2.05) is 5.38 Å². The van der Waals surface area contributed by atoms with Gasteiger partial charge >= 0.3 is 0 Å². The molecule has 1 atom stereocenters. The molecule has 1 fully saturated rings. The average Bonchev–Trinajstić information content (AvgIpc) is 3.05. The van der Waals surface area contributed by atoms with Crippen LogP contribution >= 0.6 is 11.3 Å². The van der Waals surface area contributed by atoms with Gasteiger partial charge in [0.1, 0.15) is 0 Å². The molecule has 1 saturated carbocycles. The number of hydrogen-bond donors (Lipinski definition) is 2. The van der Waals surface area contributed by atoms with E-state index < -0.39 is 0 Å². The zero-order valence-corrected chi connectivity index (χ0v) is 11.6. The third kappa shape index (κ3) is 4.07. The summed E-state index contributed by atoms with van der Waals surface area (Å²) in [4.78, 5) is 15.9. The van der Waals surface area contributed by atoms with Crippen LogP contribution in [0.25, 0.3) is 0 Å². The summed E-state index contributed by atoms with van der Waals surface area (Å²) >= 11 is 1.64. The molecular weight excluding hydrogens is 246 g/mol. The Balaban J connectivity index is 1.62. The summed E-state index contributed by atoms with van der Waals surface area (Å²) in [6.45, 7) is 3.19. The first-order valence-corrected chi connectivity index (χ1v) is 7.53. The second-order valence-electron chi connectivity index (χ2n) is 4.94. The molecule has 2 rings (SSSR count). The number of rotatable bonds is 6. The molecule has 2 N–H and O–H groups in total. The fourth-order valence-corrected chi connectivity index (χ4v) is 2.96. The van der Waals surface area contributed by atoms with E-state index in [2.05, 4.69) is 22.5 Å². The van der Waals surface area contributed by atoms with E-state index in [1.54, 1.807) is 17.5 Å². The van der Waals surface area contributed by atoms with Crippen molar-refractivity contribution in [3.63, 3.8) is 0 Å². The SMILES string of the molecule is CC(CNC(=O)CNC1CCCC1)c1nccs1. The molecule has 4 nitrogen and oxygen atoms in total. The molecule has 5 heteroatoms. The van der Waals surface area contributed by atoms with Gasteiger partial charge < -0.3 is 10.6 Å². The summed E-state index contributed by atoms with van der Waals surface area (Å²) in [6, 6.07) is 0.548. The van der Waals surface area contributed by atoms with E-state index in [0.717, 1.165) is 5.01 Å². The number of carbonyl (C=O) groups excluding carboxylic acids is 1. The summed E-state index contributed by atoms with van der Waals surface area (Å²) in [5.41, 5.74) is 0. The van der Waals surface area contributed by atoms with Gasteiger partial charge in [0.25, 0.3) is 0 Å². The van der Waals surface area contributed by atoms with Crippen LogP contribution in [0.2, 0.25) is 0 Å². The van der Waals surface area contributed by atoms with E-state index in [-0.39, 0.29) is 5.91 Å². The molecule has 1 aliphatic rings. The Morgan fingerprint density at radius 1 is 1.56 bits per heavy atom. The van der Waals surface area contributed by atoms with E-state index in [9.17, 15) is 4.79 Å². The van der Waals surface area contributed by atoms with Crippen LogP contribution in [0, 0.1) is 0 Å². The number of thiazole rings is 1. The monoisotopic (exact) mass is 267 g/mol. The summed E-state index contributed by atoms with van der Waals surface area (Å²) in [7, 11) is 0. The quantitative estimate of drug-likeness (QED) is 0.827. The van der Waals surface area contributed by atoms with E-state index in [4.69, 9.17) is 0 Å². The van der Waals surface area contributed by atoms with Gasteiger partial charge in [-0.15, -0.1) is 11.3 Å². The smallest absolute Gasteiger partial charge is 0.233 e. The number of aromatic nitrogens is 1. The van der Waals surface area contributed by atoms with Crippen LogP contribution in [0.1, 0.15) is 43.5 Å². The molecule has 1 aliphatic carbocycles. The highest BCUT2D eigenvalue weighted by molar-refractivity contribution is 7.09. The highest BCUT2D eigenvalue weighted by atomic mass is 32.1. The Bertz CT molecular complexity index is 360. The lowest BCUT2D eigenvalue weighted by Gasteiger charge is -2.13. The molecule has 1 aromatic heterocycles. The molecule has 0 saturated heterocycles. The Morgan fingerprint density at radius 3 is 3.00 bits per heavy atom. The second-order valence-corrected chi connectivity index (χ2v) is 5.86. The van der Waals surface area contributed by atoms with Crippen LogP contribution in [0.15, 0.2) is 11.6 Å². The van der Waals surface area contributed by atoms with Gasteiger partial charge in [-0.25, -0.2) is 4.98 Å². The molecule has 1 amide bonds. The zero-order valence-electron chi connectivity index (χ0n) is 10.8. The van der Waals surface area contributed by atoms with E-state index in [1.165, 1.54) is 25.7 Å². The van der Waals surface area contributed by atoms with Gasteiger partial charge in [-0.05, 0) is 12.8 Å². The first-order chi connectivity index (χ1) is 8.75. The van der Waals surface area contributed by atoms with Crippen molar-refractivity contribution in [3.8, 4) is 0 Å². The van der Waals surface area contributed by atoms with Crippen LogP contribution in [0.3, 0.4) is 0 Å². The van der Waals surface area contributed by atoms with Crippen molar-refractivity contribution < 1.29 is 4.79 Å². The average molecular weight is 267 g/mol. The Morgan fingerprint density at radius 2 is 2.33 bits per heavy atom. The normalized spacial score (nSPS) is 17.8. The van der Waals surface area contributed by atoms with E-state index in [0.29, 0.717) is 25.0 Å². The van der Waals surface area contributed by atoms with Crippen LogP contribution in [0.4, 0.5) is 0 Å². The maximum absolute atomic E-state index is 11.7. The number of nitrogens with one attached hydrogen (secondary N) is 2. The predicted octanol–water partition coefficient (Wildman–Crippen LogP) is 1.89. The van der Waals surface area contributed by atoms with Crippen molar-refractivity contribution in [2.75, 3.05) is 13.1 Å². The molecule has 100 valence electrons. The largest absolute Gasteiger partial charge is 0.354 e. The number of carbonyl (C=O) groups is 1. The van der Waals surface area contributed by atoms with Gasteiger partial charge in [-0.1, -0.05) is 19.8 Å². The van der Waals surface area contributed by atoms with Gasteiger partial charge in [0.2, 0.25) is 5.91 Å². The molecule has 1 aromatic rings. The number of hydrogen-bond acceptors (Lipinski definition) is 4. The van der Waals surface area contributed by atoms with Gasteiger partial charge in [-0.2, -0.15) is 0 Å². The minimum atomic E-state index is 0.0882. The zero-order chi connectivity index (χ0) is 12.8. The maximum Gasteiger partial charge on any atom is 0.233 e. The lowest BCUT2D eigenvalue weighted by atomic mass is 10.2. The third-order valence-corrected chi connectivity index (χ3v) is 4.39. The highest BCUT2D eigenvalue weighted by Crippen LogP contribution is 2.17. The lowest BCUT2D eigenvalue weighted by Crippen LogP contribution is -2.39. The first kappa shape index (κ1) is 13.5. The molecule has 0 aromatic carbocycles. The number of nitrogens with zero attached hydrogens (tertiary/aromatic N) is 1. The molecule has 0 spiro atoms. The van der Waals surface area contributed by atoms with Crippen LogP contribution in [0.5, 0.6) is 0 Å². The summed E-state index contributed by atoms with van der Waals surface area (Å²) in [6.07, 6.45) is 6.81. The minimum Gasteiger partial charge on any atom is -0.354 e. The van der Waals surface area contributed by atoms with Gasteiger partial charge in [0.15, 0.2) is 0 Å². The van der Waals surface area contributed by atoms with Crippen LogP contribution in [-0.2, 0) is 4.79 Å². The van der Waals surface area contributed by atoms with Gasteiger partial charge in [-0.3, -0.25) is 4.79 Å². The Kier molecular flexibility index (Phi) is 5.13. The fraction of sp³-hybridized carbons (Fsp3) is 0.692. The lowest BCUT2D eigenvalue weighted by molar-refractivity contribution is -0.120. The molecule has 0 aliphatic heterocycles. The summed E-state index contributed by atoms with van der Waals surface area (Å²) in [5.74, 6) is 0.380. The van der Waals surface area contributed by atoms with Crippen molar-refractivity contribution in [1.82, 2.24) is 15.6 Å². The summed E-state index contributed by atoms with van der Waals surface area (Å²) < 4.78 is 0. The van der Waals surface area contributed by atoms with Gasteiger partial charge in [0.05, 0.1) is 11.6 Å².